The first-order chi connectivity index (χ1) is 11.4. The second-order valence-corrected chi connectivity index (χ2v) is 7.93. The molecule has 1 aliphatic heterocycles. The number of nitrogens with zero attached hydrogens (tertiary/aromatic N) is 4. The number of halogens is 1. The number of aromatic nitrogens is 2. The Kier molecular flexibility index (Phi) is 5.24. The second kappa shape index (κ2) is 7.23. The highest BCUT2D eigenvalue weighted by Gasteiger charge is 2.19. The lowest BCUT2D eigenvalue weighted by atomic mass is 10.2. The van der Waals surface area contributed by atoms with Crippen molar-refractivity contribution in [3.8, 4) is 0 Å². The summed E-state index contributed by atoms with van der Waals surface area (Å²) in [6.07, 6.45) is 0. The Bertz CT molecular complexity index is 833. The molecule has 1 saturated heterocycles. The van der Waals surface area contributed by atoms with Crippen LogP contribution >= 0.6 is 22.9 Å². The van der Waals surface area contributed by atoms with Crippen LogP contribution in [0.1, 0.15) is 10.6 Å². The first kappa shape index (κ1) is 17.4. The quantitative estimate of drug-likeness (QED) is 0.811. The molecule has 0 aliphatic carbocycles. The Labute approximate surface area is 149 Å². The Morgan fingerprint density at radius 1 is 1.00 bits per heavy atom. The van der Waals surface area contributed by atoms with Gasteiger partial charge in [0, 0.05) is 70.0 Å². The van der Waals surface area contributed by atoms with Crippen molar-refractivity contribution in [2.75, 3.05) is 26.2 Å². The topological polar surface area (TPSA) is 50.5 Å². The van der Waals surface area contributed by atoms with Crippen LogP contribution in [0, 0.1) is 0 Å². The number of piperazine rings is 1. The van der Waals surface area contributed by atoms with Crippen LogP contribution in [0.4, 0.5) is 0 Å². The molecule has 3 rings (SSSR count). The summed E-state index contributed by atoms with van der Waals surface area (Å²) in [4.78, 5) is 29.8. The van der Waals surface area contributed by atoms with Gasteiger partial charge in [-0.1, -0.05) is 11.6 Å². The Morgan fingerprint density at radius 2 is 1.62 bits per heavy atom. The van der Waals surface area contributed by atoms with Gasteiger partial charge >= 0.3 is 5.69 Å². The van der Waals surface area contributed by atoms with Crippen LogP contribution in [0.2, 0.25) is 4.34 Å². The van der Waals surface area contributed by atoms with Gasteiger partial charge in [0.15, 0.2) is 0 Å². The lowest BCUT2D eigenvalue weighted by molar-refractivity contribution is 0.120. The lowest BCUT2D eigenvalue weighted by Crippen LogP contribution is -2.46. The molecule has 0 amide bonds. The highest BCUT2D eigenvalue weighted by atomic mass is 35.5. The van der Waals surface area contributed by atoms with Crippen molar-refractivity contribution in [3.05, 3.63) is 53.9 Å². The van der Waals surface area contributed by atoms with Crippen molar-refractivity contribution in [1.29, 1.82) is 0 Å². The summed E-state index contributed by atoms with van der Waals surface area (Å²) < 4.78 is 3.52. The maximum atomic E-state index is 12.0. The van der Waals surface area contributed by atoms with Gasteiger partial charge in [0.1, 0.15) is 0 Å². The third-order valence-corrected chi connectivity index (χ3v) is 5.70. The molecule has 1 aliphatic rings. The molecule has 0 spiro atoms. The molecule has 3 heterocycles. The molecule has 0 atom stereocenters. The molecule has 0 radical (unpaired) electrons. The molecular weight excluding hydrogens is 348 g/mol. The number of hydrogen-bond donors (Lipinski definition) is 0. The third kappa shape index (κ3) is 3.80. The van der Waals surface area contributed by atoms with Crippen LogP contribution in [-0.2, 0) is 27.2 Å². The fraction of sp³-hybridized carbons (Fsp3) is 0.500. The van der Waals surface area contributed by atoms with Gasteiger partial charge in [0.2, 0.25) is 0 Å². The summed E-state index contributed by atoms with van der Waals surface area (Å²) in [6.45, 7) is 5.32. The number of thiophene rings is 1. The van der Waals surface area contributed by atoms with Crippen LogP contribution < -0.4 is 11.2 Å². The van der Waals surface area contributed by atoms with E-state index in [1.165, 1.54) is 11.9 Å². The predicted octanol–water partition coefficient (Wildman–Crippen LogP) is 1.12. The van der Waals surface area contributed by atoms with Crippen molar-refractivity contribution in [2.45, 2.75) is 13.1 Å². The molecule has 6 nitrogen and oxygen atoms in total. The molecule has 0 aromatic carbocycles. The minimum atomic E-state index is -0.272. The zero-order valence-electron chi connectivity index (χ0n) is 13.9. The van der Waals surface area contributed by atoms with Gasteiger partial charge in [0.25, 0.3) is 5.56 Å². The maximum absolute atomic E-state index is 12.0. The average molecular weight is 369 g/mol. The van der Waals surface area contributed by atoms with Crippen molar-refractivity contribution in [2.24, 2.45) is 14.1 Å². The summed E-state index contributed by atoms with van der Waals surface area (Å²) in [5, 5.41) is 0. The molecule has 0 unspecified atom stereocenters. The fourth-order valence-electron chi connectivity index (χ4n) is 2.92. The van der Waals surface area contributed by atoms with Crippen LogP contribution in [0.3, 0.4) is 0 Å². The molecule has 0 bridgehead atoms. The number of rotatable bonds is 4. The lowest BCUT2D eigenvalue weighted by Gasteiger charge is -2.34. The molecule has 130 valence electrons. The Hall–Kier alpha value is -1.41. The zero-order valence-corrected chi connectivity index (χ0v) is 15.4. The zero-order chi connectivity index (χ0) is 17.3. The van der Waals surface area contributed by atoms with E-state index in [0.29, 0.717) is 6.54 Å². The van der Waals surface area contributed by atoms with E-state index in [0.717, 1.165) is 47.3 Å². The van der Waals surface area contributed by atoms with Gasteiger partial charge in [-0.15, -0.1) is 11.3 Å². The van der Waals surface area contributed by atoms with Crippen molar-refractivity contribution in [3.63, 3.8) is 0 Å². The molecule has 0 saturated carbocycles. The van der Waals surface area contributed by atoms with E-state index in [1.54, 1.807) is 29.0 Å². The normalized spacial score (nSPS) is 16.6. The Balaban J connectivity index is 1.60. The first-order valence-corrected chi connectivity index (χ1v) is 9.08. The van der Waals surface area contributed by atoms with E-state index in [9.17, 15) is 9.59 Å². The summed E-state index contributed by atoms with van der Waals surface area (Å²) in [7, 11) is 3.22. The van der Waals surface area contributed by atoms with Gasteiger partial charge in [0.05, 0.1) is 4.34 Å². The Morgan fingerprint density at radius 3 is 2.21 bits per heavy atom. The smallest absolute Gasteiger partial charge is 0.299 e. The second-order valence-electron chi connectivity index (χ2n) is 6.13. The van der Waals surface area contributed by atoms with Crippen molar-refractivity contribution in [1.82, 2.24) is 18.9 Å². The van der Waals surface area contributed by atoms with Gasteiger partial charge in [-0.05, 0) is 12.1 Å². The predicted molar refractivity (Wildman–Crippen MR) is 96.8 cm³/mol. The maximum Gasteiger partial charge on any atom is 0.330 e. The molecule has 2 aromatic heterocycles. The molecule has 24 heavy (non-hydrogen) atoms. The van der Waals surface area contributed by atoms with Gasteiger partial charge < -0.3 is 0 Å². The highest BCUT2D eigenvalue weighted by Crippen LogP contribution is 2.23. The monoisotopic (exact) mass is 368 g/mol. The standard InChI is InChI=1S/C16H21ClN4O2S/c1-18-12(9-15(22)19(2)16(18)23)10-20-5-7-21(8-6-20)11-13-3-4-14(17)24-13/h3-4,9H,5-8,10-11H2,1-2H3. The van der Waals surface area contributed by atoms with E-state index in [1.807, 2.05) is 6.07 Å². The van der Waals surface area contributed by atoms with Crippen LogP contribution in [0.5, 0.6) is 0 Å². The SMILES string of the molecule is Cn1c(CN2CCN(Cc3ccc(Cl)s3)CC2)cc(=O)n(C)c1=O. The van der Waals surface area contributed by atoms with Gasteiger partial charge in [-0.3, -0.25) is 23.7 Å². The van der Waals surface area contributed by atoms with E-state index in [-0.39, 0.29) is 11.2 Å². The van der Waals surface area contributed by atoms with Gasteiger partial charge in [-0.25, -0.2) is 4.79 Å². The minimum Gasteiger partial charge on any atom is -0.299 e. The first-order valence-electron chi connectivity index (χ1n) is 7.89. The molecule has 0 N–H and O–H groups in total. The van der Waals surface area contributed by atoms with E-state index >= 15 is 0 Å². The van der Waals surface area contributed by atoms with Crippen molar-refractivity contribution < 1.29 is 0 Å². The minimum absolute atomic E-state index is 0.249. The fourth-order valence-corrected chi connectivity index (χ4v) is 4.05. The summed E-state index contributed by atoms with van der Waals surface area (Å²) in [6, 6.07) is 5.57. The third-order valence-electron chi connectivity index (χ3n) is 4.48. The summed E-state index contributed by atoms with van der Waals surface area (Å²) in [5.74, 6) is 0. The van der Waals surface area contributed by atoms with E-state index < -0.39 is 0 Å². The summed E-state index contributed by atoms with van der Waals surface area (Å²) in [5.41, 5.74) is 0.244. The summed E-state index contributed by atoms with van der Waals surface area (Å²) >= 11 is 7.61. The largest absolute Gasteiger partial charge is 0.330 e. The van der Waals surface area contributed by atoms with E-state index in [2.05, 4.69) is 15.9 Å². The van der Waals surface area contributed by atoms with Crippen LogP contribution in [-0.4, -0.2) is 45.1 Å². The molecule has 1 fully saturated rings. The van der Waals surface area contributed by atoms with Gasteiger partial charge in [-0.2, -0.15) is 0 Å². The van der Waals surface area contributed by atoms with E-state index in [4.69, 9.17) is 11.6 Å². The molecule has 2 aromatic rings. The molecule has 8 heteroatoms. The average Bonchev–Trinajstić information content (AvgIpc) is 2.97. The van der Waals surface area contributed by atoms with Crippen LogP contribution in [0.25, 0.3) is 0 Å². The van der Waals surface area contributed by atoms with Crippen molar-refractivity contribution >= 4 is 22.9 Å². The highest BCUT2D eigenvalue weighted by molar-refractivity contribution is 7.16. The van der Waals surface area contributed by atoms with Crippen LogP contribution in [0.15, 0.2) is 27.8 Å². The number of hydrogen-bond acceptors (Lipinski definition) is 5. The molecular formula is C16H21ClN4O2S.